The standard InChI is InChI=1S/C13H20FNO2/c1-3-6-16-7-8-17-13-5-4-11(10(2)15)9-12(13)14/h4-5,9-10H,3,6-8,15H2,1-2H3/t10-/m1/s1. The zero-order valence-corrected chi connectivity index (χ0v) is 10.4. The van der Waals surface area contributed by atoms with Crippen molar-refractivity contribution < 1.29 is 13.9 Å². The van der Waals surface area contributed by atoms with Gasteiger partial charge in [0.05, 0.1) is 6.61 Å². The zero-order chi connectivity index (χ0) is 12.7. The Morgan fingerprint density at radius 1 is 1.29 bits per heavy atom. The molecule has 1 rings (SSSR count). The summed E-state index contributed by atoms with van der Waals surface area (Å²) in [7, 11) is 0. The van der Waals surface area contributed by atoms with Crippen molar-refractivity contribution in [2.45, 2.75) is 26.3 Å². The lowest BCUT2D eigenvalue weighted by Crippen LogP contribution is -2.09. The maximum Gasteiger partial charge on any atom is 0.165 e. The number of hydrogen-bond donors (Lipinski definition) is 1. The molecule has 0 fully saturated rings. The Hall–Kier alpha value is -1.13. The van der Waals surface area contributed by atoms with Crippen molar-refractivity contribution in [2.75, 3.05) is 19.8 Å². The normalized spacial score (nSPS) is 12.5. The summed E-state index contributed by atoms with van der Waals surface area (Å²) in [6.07, 6.45) is 0.970. The lowest BCUT2D eigenvalue weighted by Gasteiger charge is -2.10. The summed E-state index contributed by atoms with van der Waals surface area (Å²) in [5.41, 5.74) is 6.42. The summed E-state index contributed by atoms with van der Waals surface area (Å²) >= 11 is 0. The van der Waals surface area contributed by atoms with E-state index in [4.69, 9.17) is 15.2 Å². The minimum absolute atomic E-state index is 0.175. The molecule has 1 aromatic carbocycles. The predicted molar refractivity (Wildman–Crippen MR) is 65.6 cm³/mol. The smallest absolute Gasteiger partial charge is 0.165 e. The molecular weight excluding hydrogens is 221 g/mol. The molecule has 17 heavy (non-hydrogen) atoms. The molecule has 2 N–H and O–H groups in total. The fourth-order valence-corrected chi connectivity index (χ4v) is 1.37. The van der Waals surface area contributed by atoms with Crippen molar-refractivity contribution >= 4 is 0 Å². The van der Waals surface area contributed by atoms with E-state index in [1.807, 2.05) is 13.8 Å². The first-order chi connectivity index (χ1) is 8.15. The van der Waals surface area contributed by atoms with E-state index in [1.165, 1.54) is 6.07 Å². The molecule has 0 amide bonds. The van der Waals surface area contributed by atoms with E-state index < -0.39 is 0 Å². The van der Waals surface area contributed by atoms with E-state index in [0.29, 0.717) is 19.8 Å². The number of halogens is 1. The molecular formula is C13H20FNO2. The Kier molecular flexibility index (Phi) is 5.94. The molecule has 0 aromatic heterocycles. The average molecular weight is 241 g/mol. The number of ether oxygens (including phenoxy) is 2. The second-order valence-corrected chi connectivity index (χ2v) is 3.94. The van der Waals surface area contributed by atoms with Crippen LogP contribution in [0.2, 0.25) is 0 Å². The summed E-state index contributed by atoms with van der Waals surface area (Å²) in [5.74, 6) is -0.134. The summed E-state index contributed by atoms with van der Waals surface area (Å²) in [6.45, 7) is 5.38. The van der Waals surface area contributed by atoms with Crippen molar-refractivity contribution in [1.29, 1.82) is 0 Å². The molecule has 0 unspecified atom stereocenters. The molecule has 0 saturated carbocycles. The summed E-state index contributed by atoms with van der Waals surface area (Å²) in [5, 5.41) is 0. The molecule has 0 aliphatic heterocycles. The first-order valence-electron chi connectivity index (χ1n) is 5.90. The third-order valence-electron chi connectivity index (χ3n) is 2.32. The summed E-state index contributed by atoms with van der Waals surface area (Å²) in [6, 6.07) is 4.61. The first-order valence-corrected chi connectivity index (χ1v) is 5.90. The number of nitrogens with two attached hydrogens (primary N) is 1. The number of rotatable bonds is 7. The topological polar surface area (TPSA) is 44.5 Å². The molecule has 0 radical (unpaired) electrons. The van der Waals surface area contributed by atoms with Gasteiger partial charge in [-0.25, -0.2) is 4.39 Å². The molecule has 1 aromatic rings. The molecule has 0 heterocycles. The van der Waals surface area contributed by atoms with Gasteiger partial charge in [-0.15, -0.1) is 0 Å². The molecule has 3 nitrogen and oxygen atoms in total. The summed E-state index contributed by atoms with van der Waals surface area (Å²) < 4.78 is 24.1. The third-order valence-corrected chi connectivity index (χ3v) is 2.32. The highest BCUT2D eigenvalue weighted by molar-refractivity contribution is 5.30. The molecule has 96 valence electrons. The van der Waals surface area contributed by atoms with Gasteiger partial charge in [0.1, 0.15) is 6.61 Å². The van der Waals surface area contributed by atoms with Gasteiger partial charge in [0.15, 0.2) is 11.6 Å². The van der Waals surface area contributed by atoms with Crippen LogP contribution in [0.5, 0.6) is 5.75 Å². The van der Waals surface area contributed by atoms with Crippen LogP contribution >= 0.6 is 0 Å². The predicted octanol–water partition coefficient (Wildman–Crippen LogP) is 2.65. The Bertz CT molecular complexity index is 342. The number of benzene rings is 1. The SMILES string of the molecule is CCCOCCOc1ccc([C@@H](C)N)cc1F. The van der Waals surface area contributed by atoms with Crippen LogP contribution in [-0.2, 0) is 4.74 Å². The van der Waals surface area contributed by atoms with Crippen LogP contribution in [0.3, 0.4) is 0 Å². The van der Waals surface area contributed by atoms with E-state index in [1.54, 1.807) is 12.1 Å². The van der Waals surface area contributed by atoms with E-state index in [9.17, 15) is 4.39 Å². The molecule has 0 saturated heterocycles. The van der Waals surface area contributed by atoms with Gasteiger partial charge in [-0.2, -0.15) is 0 Å². The second-order valence-electron chi connectivity index (χ2n) is 3.94. The third kappa shape index (κ3) is 4.71. The maximum absolute atomic E-state index is 13.6. The fourth-order valence-electron chi connectivity index (χ4n) is 1.37. The van der Waals surface area contributed by atoms with Gasteiger partial charge in [0, 0.05) is 12.6 Å². The van der Waals surface area contributed by atoms with Gasteiger partial charge in [-0.3, -0.25) is 0 Å². The fraction of sp³-hybridized carbons (Fsp3) is 0.538. The Morgan fingerprint density at radius 3 is 2.65 bits per heavy atom. The van der Waals surface area contributed by atoms with Crippen LogP contribution in [0.4, 0.5) is 4.39 Å². The highest BCUT2D eigenvalue weighted by Crippen LogP contribution is 2.20. The van der Waals surface area contributed by atoms with Gasteiger partial charge < -0.3 is 15.2 Å². The van der Waals surface area contributed by atoms with Crippen molar-refractivity contribution in [3.8, 4) is 5.75 Å². The highest BCUT2D eigenvalue weighted by atomic mass is 19.1. The second kappa shape index (κ2) is 7.25. The molecule has 0 aliphatic rings. The first kappa shape index (κ1) is 13.9. The number of hydrogen-bond acceptors (Lipinski definition) is 3. The van der Waals surface area contributed by atoms with Gasteiger partial charge >= 0.3 is 0 Å². The summed E-state index contributed by atoms with van der Waals surface area (Å²) in [4.78, 5) is 0. The Labute approximate surface area is 102 Å². The minimum atomic E-state index is -0.379. The zero-order valence-electron chi connectivity index (χ0n) is 10.4. The molecule has 0 bridgehead atoms. The van der Waals surface area contributed by atoms with E-state index in [-0.39, 0.29) is 17.6 Å². The van der Waals surface area contributed by atoms with Crippen LogP contribution in [0.15, 0.2) is 18.2 Å². The minimum Gasteiger partial charge on any atom is -0.488 e. The lowest BCUT2D eigenvalue weighted by molar-refractivity contribution is 0.0991. The van der Waals surface area contributed by atoms with E-state index in [2.05, 4.69) is 0 Å². The van der Waals surface area contributed by atoms with Crippen molar-refractivity contribution in [3.05, 3.63) is 29.6 Å². The van der Waals surface area contributed by atoms with E-state index in [0.717, 1.165) is 12.0 Å². The van der Waals surface area contributed by atoms with Crippen LogP contribution < -0.4 is 10.5 Å². The maximum atomic E-state index is 13.6. The van der Waals surface area contributed by atoms with Gasteiger partial charge in [-0.1, -0.05) is 13.0 Å². The van der Waals surface area contributed by atoms with Crippen LogP contribution in [0.1, 0.15) is 31.9 Å². The largest absolute Gasteiger partial charge is 0.488 e. The molecule has 1 atom stereocenters. The molecule has 0 spiro atoms. The average Bonchev–Trinajstić information content (AvgIpc) is 2.30. The monoisotopic (exact) mass is 241 g/mol. The van der Waals surface area contributed by atoms with Crippen LogP contribution in [0.25, 0.3) is 0 Å². The quantitative estimate of drug-likeness (QED) is 0.746. The molecule has 0 aliphatic carbocycles. The highest BCUT2D eigenvalue weighted by Gasteiger charge is 2.06. The van der Waals surface area contributed by atoms with E-state index >= 15 is 0 Å². The lowest BCUT2D eigenvalue weighted by atomic mass is 10.1. The van der Waals surface area contributed by atoms with Gasteiger partial charge in [0.25, 0.3) is 0 Å². The van der Waals surface area contributed by atoms with Crippen molar-refractivity contribution in [2.24, 2.45) is 5.73 Å². The Morgan fingerprint density at radius 2 is 2.06 bits per heavy atom. The van der Waals surface area contributed by atoms with Crippen LogP contribution in [-0.4, -0.2) is 19.8 Å². The molecule has 4 heteroatoms. The Balaban J connectivity index is 2.43. The van der Waals surface area contributed by atoms with Gasteiger partial charge in [0.2, 0.25) is 0 Å². The van der Waals surface area contributed by atoms with Gasteiger partial charge in [-0.05, 0) is 31.0 Å². The van der Waals surface area contributed by atoms with Crippen molar-refractivity contribution in [3.63, 3.8) is 0 Å². The van der Waals surface area contributed by atoms with Crippen LogP contribution in [0, 0.1) is 5.82 Å². The van der Waals surface area contributed by atoms with Crippen molar-refractivity contribution in [1.82, 2.24) is 0 Å².